The van der Waals surface area contributed by atoms with E-state index in [4.69, 9.17) is 14.3 Å². The van der Waals surface area contributed by atoms with E-state index >= 15 is 0 Å². The van der Waals surface area contributed by atoms with Crippen LogP contribution in [-0.2, 0) is 14.4 Å². The Morgan fingerprint density at radius 2 is 2.03 bits per heavy atom. The van der Waals surface area contributed by atoms with E-state index in [1.165, 1.54) is 23.2 Å². The van der Waals surface area contributed by atoms with Crippen LogP contribution in [0.5, 0.6) is 5.75 Å². The molecule has 170 valence electrons. The largest absolute Gasteiger partial charge is 0.569 e. The zero-order valence-corrected chi connectivity index (χ0v) is 18.9. The van der Waals surface area contributed by atoms with Gasteiger partial charge in [0.25, 0.3) is 6.79 Å². The maximum absolute atomic E-state index is 12.3. The summed E-state index contributed by atoms with van der Waals surface area (Å²) in [6.07, 6.45) is 6.23. The third-order valence-corrected chi connectivity index (χ3v) is 7.92. The smallest absolute Gasteiger partial charge is 0.344 e. The van der Waals surface area contributed by atoms with Gasteiger partial charge in [0.2, 0.25) is 5.28 Å². The quantitative estimate of drug-likeness (QED) is 0.0684. The van der Waals surface area contributed by atoms with Crippen molar-refractivity contribution in [1.29, 1.82) is 0 Å². The molecule has 1 aromatic rings. The van der Waals surface area contributed by atoms with Crippen molar-refractivity contribution in [3.8, 4) is 5.75 Å². The minimum Gasteiger partial charge on any atom is -0.569 e. The summed E-state index contributed by atoms with van der Waals surface area (Å²) in [6, 6.07) is 6.36. The van der Waals surface area contributed by atoms with Gasteiger partial charge in [0, 0.05) is 17.4 Å². The molecular weight excluding hydrogens is 442 g/mol. The van der Waals surface area contributed by atoms with Gasteiger partial charge in [-0.05, 0) is 44.2 Å². The van der Waals surface area contributed by atoms with Crippen LogP contribution in [0.2, 0.25) is 0 Å². The van der Waals surface area contributed by atoms with Crippen LogP contribution in [0.4, 0.5) is 0 Å². The molecule has 2 fully saturated rings. The Morgan fingerprint density at radius 1 is 1.23 bits per heavy atom. The van der Waals surface area contributed by atoms with Crippen molar-refractivity contribution >= 4 is 33.5 Å². The lowest BCUT2D eigenvalue weighted by atomic mass is 10.1. The van der Waals surface area contributed by atoms with Gasteiger partial charge >= 0.3 is 11.9 Å². The Bertz CT molecular complexity index is 767. The molecule has 0 amide bonds. The maximum Gasteiger partial charge on any atom is 0.344 e. The van der Waals surface area contributed by atoms with Crippen LogP contribution in [0.1, 0.15) is 55.3 Å². The lowest BCUT2D eigenvalue weighted by Crippen LogP contribution is -2.27. The van der Waals surface area contributed by atoms with Gasteiger partial charge in [-0.2, -0.15) is 0 Å². The number of ether oxygens (including phenoxy) is 2. The van der Waals surface area contributed by atoms with E-state index in [0.717, 1.165) is 32.1 Å². The van der Waals surface area contributed by atoms with Crippen LogP contribution in [-0.4, -0.2) is 52.8 Å². The summed E-state index contributed by atoms with van der Waals surface area (Å²) in [5.74, 6) is 0.233. The minimum absolute atomic E-state index is 0.109. The van der Waals surface area contributed by atoms with Crippen molar-refractivity contribution in [2.75, 3.05) is 25.6 Å². The predicted molar refractivity (Wildman–Crippen MR) is 117 cm³/mol. The highest BCUT2D eigenvalue weighted by Crippen LogP contribution is 2.39. The van der Waals surface area contributed by atoms with E-state index in [1.54, 1.807) is 18.2 Å². The van der Waals surface area contributed by atoms with E-state index in [9.17, 15) is 14.8 Å². The van der Waals surface area contributed by atoms with Gasteiger partial charge in [-0.25, -0.2) is 4.79 Å². The van der Waals surface area contributed by atoms with Gasteiger partial charge in [-0.1, -0.05) is 40.1 Å². The molecule has 31 heavy (non-hydrogen) atoms. The fraction of sp³-hybridized carbons (Fsp3) is 0.600. The summed E-state index contributed by atoms with van der Waals surface area (Å²) in [4.78, 5) is 29.6. The van der Waals surface area contributed by atoms with Crippen molar-refractivity contribution in [1.82, 2.24) is 5.01 Å². The van der Waals surface area contributed by atoms with Crippen LogP contribution in [0, 0.1) is 5.21 Å². The first-order chi connectivity index (χ1) is 15.1. The molecule has 0 N–H and O–H groups in total. The first kappa shape index (κ1) is 23.5. The molecule has 9 nitrogen and oxygen atoms in total. The van der Waals surface area contributed by atoms with E-state index < -0.39 is 12.8 Å². The summed E-state index contributed by atoms with van der Waals surface area (Å²) >= 11 is 0. The topological polar surface area (TPSA) is 104 Å². The van der Waals surface area contributed by atoms with Crippen molar-refractivity contribution in [2.24, 2.45) is 5.28 Å². The second kappa shape index (κ2) is 12.7. The lowest BCUT2D eigenvalue weighted by Gasteiger charge is -2.11. The molecule has 2 heterocycles. The second-order valence-corrected chi connectivity index (χ2v) is 10.0. The second-order valence-electron chi connectivity index (χ2n) is 7.22. The average Bonchev–Trinajstić information content (AvgIpc) is 3.49. The number of nitrogens with zero attached hydrogens (tertiary/aromatic N) is 3. The lowest BCUT2D eigenvalue weighted by molar-refractivity contribution is -0.708. The highest BCUT2D eigenvalue weighted by Gasteiger charge is 2.20. The summed E-state index contributed by atoms with van der Waals surface area (Å²) in [6.45, 7) is 0.714. The Balaban J connectivity index is 1.40. The number of benzene rings is 1. The number of hydrazine groups is 1. The molecule has 2 saturated heterocycles. The zero-order valence-electron chi connectivity index (χ0n) is 17.3. The molecule has 2 aliphatic rings. The number of hydrogen-bond donors (Lipinski definition) is 0. The predicted octanol–water partition coefficient (Wildman–Crippen LogP) is 4.33. The molecular formula is C20H27N3O6S2. The van der Waals surface area contributed by atoms with Crippen LogP contribution in [0.25, 0.3) is 0 Å². The van der Waals surface area contributed by atoms with Gasteiger partial charge in [-0.3, -0.25) is 4.79 Å². The summed E-state index contributed by atoms with van der Waals surface area (Å²) < 4.78 is 10.4. The number of esters is 2. The summed E-state index contributed by atoms with van der Waals surface area (Å²) in [5, 5.41) is 17.2. The number of carbonyl (C=O) groups is 2. The monoisotopic (exact) mass is 469 g/mol. The molecule has 2 aliphatic heterocycles. The molecule has 1 aromatic carbocycles. The van der Waals surface area contributed by atoms with E-state index in [2.05, 4.69) is 5.28 Å². The van der Waals surface area contributed by atoms with Crippen LogP contribution < -0.4 is 4.74 Å². The summed E-state index contributed by atoms with van der Waals surface area (Å²) in [5.41, 5.74) is 0.109. The third-order valence-electron chi connectivity index (χ3n) is 4.91. The third kappa shape index (κ3) is 7.80. The van der Waals surface area contributed by atoms with E-state index in [0.29, 0.717) is 29.7 Å². The number of hydrogen-bond acceptors (Lipinski definition) is 9. The Kier molecular flexibility index (Phi) is 9.60. The molecule has 0 aliphatic carbocycles. The molecule has 0 unspecified atom stereocenters. The Morgan fingerprint density at radius 3 is 2.81 bits per heavy atom. The average molecular weight is 470 g/mol. The molecule has 0 bridgehead atoms. The van der Waals surface area contributed by atoms with Crippen molar-refractivity contribution in [3.05, 3.63) is 35.0 Å². The van der Waals surface area contributed by atoms with Gasteiger partial charge < -0.3 is 19.5 Å². The maximum atomic E-state index is 12.3. The van der Waals surface area contributed by atoms with Crippen molar-refractivity contribution in [2.45, 2.75) is 50.2 Å². The molecule has 0 radical (unpaired) electrons. The number of unbranched alkanes of at least 4 members (excludes halogenated alkanes) is 1. The number of para-hydroxylation sites is 1. The highest BCUT2D eigenvalue weighted by atomic mass is 33.1. The molecule has 3 rings (SSSR count). The number of rotatable bonds is 11. The standard InChI is InChI=1S/C20H27N3O6S2/c24-19(10-4-1-7-16-11-14-30-31-16)29-18-9-3-2-8-17(18)20(25)27-15-28-21-23(26)22-12-5-6-13-22/h2-3,8-9,16H,1,4-7,10-15H2/b23-21-/t16-/m0/s1. The van der Waals surface area contributed by atoms with Crippen LogP contribution >= 0.6 is 21.6 Å². The first-order valence-corrected chi connectivity index (χ1v) is 12.8. The van der Waals surface area contributed by atoms with Gasteiger partial charge in [0.15, 0.2) is 0 Å². The number of carbonyl (C=O) groups excluding carboxylic acids is 2. The molecule has 0 saturated carbocycles. The SMILES string of the molecule is O=C(CCCC[C@H]1CCSS1)Oc1ccccc1C(=O)OCO/N=[N+](\[O-])N1CCCC1. The van der Waals surface area contributed by atoms with E-state index in [-0.39, 0.29) is 17.3 Å². The molecule has 0 spiro atoms. The van der Waals surface area contributed by atoms with E-state index in [1.807, 2.05) is 21.6 Å². The molecule has 1 atom stereocenters. The van der Waals surface area contributed by atoms with Gasteiger partial charge in [-0.15, -0.1) is 5.01 Å². The molecule has 11 heteroatoms. The van der Waals surface area contributed by atoms with Crippen molar-refractivity contribution in [3.63, 3.8) is 0 Å². The Labute approximate surface area is 189 Å². The fourth-order valence-corrected chi connectivity index (χ4v) is 6.29. The minimum atomic E-state index is -0.729. The van der Waals surface area contributed by atoms with Crippen LogP contribution in [0.3, 0.4) is 0 Å². The fourth-order valence-electron chi connectivity index (χ4n) is 3.26. The summed E-state index contributed by atoms with van der Waals surface area (Å²) in [7, 11) is 3.85. The zero-order chi connectivity index (χ0) is 21.9. The van der Waals surface area contributed by atoms with Crippen LogP contribution in [0.15, 0.2) is 29.5 Å². The highest BCUT2D eigenvalue weighted by molar-refractivity contribution is 8.77. The first-order valence-electron chi connectivity index (χ1n) is 10.4. The van der Waals surface area contributed by atoms with Gasteiger partial charge in [0.1, 0.15) is 11.3 Å². The van der Waals surface area contributed by atoms with Gasteiger partial charge in [0.05, 0.1) is 18.1 Å². The molecule has 0 aromatic heterocycles. The normalized spacial score (nSPS) is 18.8. The van der Waals surface area contributed by atoms with Crippen molar-refractivity contribution < 1.29 is 28.9 Å². The Hall–Kier alpha value is -2.14.